The highest BCUT2D eigenvalue weighted by molar-refractivity contribution is 7.99. The van der Waals surface area contributed by atoms with Crippen molar-refractivity contribution in [3.63, 3.8) is 0 Å². The summed E-state index contributed by atoms with van der Waals surface area (Å²) in [5.74, 6) is 0.990. The summed E-state index contributed by atoms with van der Waals surface area (Å²) in [6.07, 6.45) is -1.69. The second kappa shape index (κ2) is 9.53. The number of aromatic nitrogens is 4. The lowest BCUT2D eigenvalue weighted by molar-refractivity contribution is -0.141. The molecule has 0 radical (unpaired) electrons. The molecule has 0 fully saturated rings. The van der Waals surface area contributed by atoms with E-state index in [0.29, 0.717) is 31.3 Å². The third kappa shape index (κ3) is 5.73. The summed E-state index contributed by atoms with van der Waals surface area (Å²) in [4.78, 5) is 15.6. The summed E-state index contributed by atoms with van der Waals surface area (Å²) >= 11 is 6.07. The van der Waals surface area contributed by atoms with Crippen LogP contribution in [0.25, 0.3) is 0 Å². The lowest BCUT2D eigenvalue weighted by atomic mass is 10.2. The van der Waals surface area contributed by atoms with Crippen molar-refractivity contribution in [3.05, 3.63) is 54.0 Å². The number of nitrogens with zero attached hydrogens (tertiary/aromatic N) is 4. The number of nitrogens with one attached hydrogen (secondary N) is 2. The van der Waals surface area contributed by atoms with Crippen LogP contribution >= 0.6 is 24.0 Å². The first-order valence-electron chi connectivity index (χ1n) is 9.21. The minimum absolute atomic E-state index is 0.0238. The summed E-state index contributed by atoms with van der Waals surface area (Å²) in [5.41, 5.74) is -0.260. The van der Waals surface area contributed by atoms with E-state index < -0.39 is 11.9 Å². The van der Waals surface area contributed by atoms with Crippen LogP contribution in [0, 0.1) is 0 Å². The van der Waals surface area contributed by atoms with Crippen molar-refractivity contribution in [1.29, 1.82) is 0 Å². The van der Waals surface area contributed by atoms with E-state index in [0.717, 1.165) is 23.4 Å². The summed E-state index contributed by atoms with van der Waals surface area (Å²) in [6, 6.07) is 7.85. The molecule has 0 saturated heterocycles. The number of thiocarbonyl (C=S) groups is 1. The standard InChI is InChI=1S/C19H15F3N6O2S2/c20-19(21,22)14-9-15(32-18-23-4-1-5-24-18)27-16(26-14)28-17(31)25-10-11-2-3-12-13(8-11)30-7-6-29-12/h1-5,8-9H,6-7,10H2,(H2,25,26,27,28,31). The molecule has 8 nitrogen and oxygen atoms in total. The predicted octanol–water partition coefficient (Wildman–Crippen LogP) is 3.69. The molecule has 166 valence electrons. The van der Waals surface area contributed by atoms with Gasteiger partial charge in [-0.25, -0.2) is 19.9 Å². The van der Waals surface area contributed by atoms with Crippen LogP contribution in [-0.2, 0) is 12.7 Å². The van der Waals surface area contributed by atoms with Crippen molar-refractivity contribution in [3.8, 4) is 11.5 Å². The molecular weight excluding hydrogens is 465 g/mol. The Morgan fingerprint density at radius 2 is 1.81 bits per heavy atom. The molecule has 32 heavy (non-hydrogen) atoms. The van der Waals surface area contributed by atoms with Gasteiger partial charge in [0.2, 0.25) is 5.95 Å². The minimum Gasteiger partial charge on any atom is -0.486 e. The molecular formula is C19H15F3N6O2S2. The number of halogens is 3. The Morgan fingerprint density at radius 3 is 2.56 bits per heavy atom. The van der Waals surface area contributed by atoms with Gasteiger partial charge in [0.15, 0.2) is 27.5 Å². The molecule has 0 spiro atoms. The highest BCUT2D eigenvalue weighted by Gasteiger charge is 2.34. The molecule has 2 N–H and O–H groups in total. The van der Waals surface area contributed by atoms with Gasteiger partial charge in [-0.05, 0) is 47.7 Å². The highest BCUT2D eigenvalue weighted by atomic mass is 32.2. The second-order valence-corrected chi connectivity index (χ2v) is 7.73. The molecule has 0 saturated carbocycles. The Hall–Kier alpha value is -3.19. The van der Waals surface area contributed by atoms with Crippen LogP contribution in [0.4, 0.5) is 19.1 Å². The third-order valence-corrected chi connectivity index (χ3v) is 5.07. The van der Waals surface area contributed by atoms with Crippen molar-refractivity contribution in [1.82, 2.24) is 25.3 Å². The van der Waals surface area contributed by atoms with Crippen LogP contribution in [0.5, 0.6) is 11.5 Å². The van der Waals surface area contributed by atoms with Gasteiger partial charge in [0.05, 0.1) is 0 Å². The molecule has 4 rings (SSSR count). The van der Waals surface area contributed by atoms with Crippen LogP contribution in [0.15, 0.2) is 52.9 Å². The van der Waals surface area contributed by atoms with Gasteiger partial charge in [-0.15, -0.1) is 0 Å². The van der Waals surface area contributed by atoms with E-state index in [1.807, 2.05) is 6.07 Å². The third-order valence-electron chi connectivity index (χ3n) is 4.02. The molecule has 0 amide bonds. The quantitative estimate of drug-likeness (QED) is 0.320. The van der Waals surface area contributed by atoms with Gasteiger partial charge in [-0.3, -0.25) is 0 Å². The fourth-order valence-electron chi connectivity index (χ4n) is 2.64. The zero-order valence-corrected chi connectivity index (χ0v) is 17.9. The average molecular weight is 480 g/mol. The lowest BCUT2D eigenvalue weighted by Gasteiger charge is -2.19. The predicted molar refractivity (Wildman–Crippen MR) is 114 cm³/mol. The number of benzene rings is 1. The van der Waals surface area contributed by atoms with Gasteiger partial charge < -0.3 is 20.1 Å². The Kier molecular flexibility index (Phi) is 6.55. The van der Waals surface area contributed by atoms with Crippen molar-refractivity contribution in [2.24, 2.45) is 0 Å². The van der Waals surface area contributed by atoms with E-state index in [9.17, 15) is 13.2 Å². The number of alkyl halides is 3. The molecule has 0 aliphatic carbocycles. The lowest BCUT2D eigenvalue weighted by Crippen LogP contribution is -2.29. The number of hydrogen-bond donors (Lipinski definition) is 2. The molecule has 0 unspecified atom stereocenters. The summed E-state index contributed by atoms with van der Waals surface area (Å²) in [5, 5.41) is 5.85. The smallest absolute Gasteiger partial charge is 0.433 e. The summed E-state index contributed by atoms with van der Waals surface area (Å²) < 4.78 is 50.9. The van der Waals surface area contributed by atoms with E-state index in [1.54, 1.807) is 18.2 Å². The van der Waals surface area contributed by atoms with E-state index >= 15 is 0 Å². The summed E-state index contributed by atoms with van der Waals surface area (Å²) in [7, 11) is 0. The number of ether oxygens (including phenoxy) is 2. The van der Waals surface area contributed by atoms with Crippen LogP contribution in [-0.4, -0.2) is 38.3 Å². The summed E-state index contributed by atoms with van der Waals surface area (Å²) in [6.45, 7) is 1.26. The zero-order valence-electron chi connectivity index (χ0n) is 16.2. The van der Waals surface area contributed by atoms with Crippen LogP contribution in [0.2, 0.25) is 0 Å². The van der Waals surface area contributed by atoms with Gasteiger partial charge in [-0.1, -0.05) is 6.07 Å². The normalized spacial score (nSPS) is 12.8. The largest absolute Gasteiger partial charge is 0.486 e. The molecule has 0 bridgehead atoms. The van der Waals surface area contributed by atoms with Gasteiger partial charge >= 0.3 is 6.18 Å². The molecule has 3 heterocycles. The molecule has 3 aromatic rings. The van der Waals surface area contributed by atoms with Gasteiger partial charge in [-0.2, -0.15) is 13.2 Å². The van der Waals surface area contributed by atoms with Gasteiger partial charge in [0, 0.05) is 25.0 Å². The van der Waals surface area contributed by atoms with E-state index in [4.69, 9.17) is 21.7 Å². The molecule has 13 heteroatoms. The zero-order chi connectivity index (χ0) is 22.6. The van der Waals surface area contributed by atoms with Crippen LogP contribution < -0.4 is 20.1 Å². The van der Waals surface area contributed by atoms with Crippen molar-refractivity contribution in [2.45, 2.75) is 22.9 Å². The number of hydrogen-bond acceptors (Lipinski definition) is 8. The molecule has 0 atom stereocenters. The second-order valence-electron chi connectivity index (χ2n) is 6.33. The Balaban J connectivity index is 1.45. The Morgan fingerprint density at radius 1 is 1.06 bits per heavy atom. The first-order chi connectivity index (χ1) is 15.4. The maximum Gasteiger partial charge on any atom is 0.433 e. The van der Waals surface area contributed by atoms with Crippen molar-refractivity contribution >= 4 is 35.0 Å². The SMILES string of the molecule is FC(F)(F)c1cc(Sc2ncccn2)nc(NC(=S)NCc2ccc3c(c2)OCCO3)n1. The fraction of sp³-hybridized carbons (Fsp3) is 0.211. The average Bonchev–Trinajstić information content (AvgIpc) is 2.77. The fourth-order valence-corrected chi connectivity index (χ4v) is 3.52. The number of anilines is 1. The van der Waals surface area contributed by atoms with E-state index in [-0.39, 0.29) is 21.2 Å². The van der Waals surface area contributed by atoms with Crippen molar-refractivity contribution in [2.75, 3.05) is 18.5 Å². The number of rotatable bonds is 5. The van der Waals surface area contributed by atoms with E-state index in [2.05, 4.69) is 30.6 Å². The Labute approximate surface area is 190 Å². The van der Waals surface area contributed by atoms with Crippen molar-refractivity contribution < 1.29 is 22.6 Å². The molecule has 1 aliphatic rings. The van der Waals surface area contributed by atoms with Crippen LogP contribution in [0.3, 0.4) is 0 Å². The maximum atomic E-state index is 13.3. The first-order valence-corrected chi connectivity index (χ1v) is 10.4. The maximum absolute atomic E-state index is 13.3. The molecule has 1 aromatic carbocycles. The minimum atomic E-state index is -4.66. The monoisotopic (exact) mass is 480 g/mol. The Bertz CT molecular complexity index is 1120. The highest BCUT2D eigenvalue weighted by Crippen LogP contribution is 2.32. The molecule has 1 aliphatic heterocycles. The topological polar surface area (TPSA) is 94.1 Å². The van der Waals surface area contributed by atoms with Crippen LogP contribution in [0.1, 0.15) is 11.3 Å². The number of fused-ring (bicyclic) bond motifs is 1. The molecule has 2 aromatic heterocycles. The van der Waals surface area contributed by atoms with E-state index in [1.165, 1.54) is 12.4 Å². The van der Waals surface area contributed by atoms with Gasteiger partial charge in [0.1, 0.15) is 18.2 Å². The first kappa shape index (κ1) is 22.0. The van der Waals surface area contributed by atoms with Gasteiger partial charge in [0.25, 0.3) is 0 Å².